The fraction of sp³-hybridized carbons (Fsp3) is 0.435. The van der Waals surface area contributed by atoms with E-state index in [0.29, 0.717) is 36.3 Å². The maximum absolute atomic E-state index is 15.0. The summed E-state index contributed by atoms with van der Waals surface area (Å²) >= 11 is 1.44. The van der Waals surface area contributed by atoms with Gasteiger partial charge in [-0.05, 0) is 29.6 Å². The number of amides is 3. The van der Waals surface area contributed by atoms with Crippen molar-refractivity contribution in [2.45, 2.75) is 19.1 Å². The highest BCUT2D eigenvalue weighted by Gasteiger charge is 2.59. The number of hydrogen-bond acceptors (Lipinski definition) is 6. The quantitative estimate of drug-likeness (QED) is 0.699. The molecule has 1 saturated carbocycles. The van der Waals surface area contributed by atoms with Gasteiger partial charge in [0.25, 0.3) is 5.91 Å². The molecule has 3 unspecified atom stereocenters. The number of rotatable bonds is 6. The molecular formula is C23H25FN4O4S. The number of benzene rings is 1. The molecule has 5 rings (SSSR count). The number of cyclic esters (lactones) is 1. The number of hydrogen-bond donors (Lipinski definition) is 1. The number of nitrogens with one attached hydrogen (secondary N) is 1. The van der Waals surface area contributed by atoms with Crippen LogP contribution in [0.2, 0.25) is 0 Å². The number of carbonyl (C=O) groups is 3. The average molecular weight is 473 g/mol. The van der Waals surface area contributed by atoms with Crippen LogP contribution >= 0.6 is 11.3 Å². The van der Waals surface area contributed by atoms with Crippen LogP contribution in [-0.2, 0) is 9.53 Å². The van der Waals surface area contributed by atoms with Gasteiger partial charge in [-0.1, -0.05) is 6.07 Å². The van der Waals surface area contributed by atoms with Gasteiger partial charge in [0.05, 0.1) is 29.3 Å². The first-order chi connectivity index (χ1) is 15.8. The Kier molecular flexibility index (Phi) is 5.48. The molecule has 3 atom stereocenters. The van der Waals surface area contributed by atoms with Crippen LogP contribution in [0.5, 0.6) is 0 Å². The molecule has 3 heterocycles. The fourth-order valence-corrected chi connectivity index (χ4v) is 5.70. The molecule has 1 aromatic heterocycles. The second-order valence-electron chi connectivity index (χ2n) is 8.81. The number of ether oxygens (including phenoxy) is 1. The normalized spacial score (nSPS) is 25.6. The molecular weight excluding hydrogens is 447 g/mol. The smallest absolute Gasteiger partial charge is 0.414 e. The Labute approximate surface area is 194 Å². The molecule has 33 heavy (non-hydrogen) atoms. The minimum Gasteiger partial charge on any atom is -0.442 e. The van der Waals surface area contributed by atoms with Crippen LogP contribution in [-0.4, -0.2) is 68.2 Å². The second kappa shape index (κ2) is 8.33. The molecule has 1 N–H and O–H groups in total. The summed E-state index contributed by atoms with van der Waals surface area (Å²) in [5.41, 5.74) is 0.925. The summed E-state index contributed by atoms with van der Waals surface area (Å²) in [5.74, 6) is 0.113. The summed E-state index contributed by atoms with van der Waals surface area (Å²) < 4.78 is 20.3. The second-order valence-corrected chi connectivity index (χ2v) is 9.75. The van der Waals surface area contributed by atoms with E-state index < -0.39 is 18.0 Å². The van der Waals surface area contributed by atoms with E-state index in [1.165, 1.54) is 29.2 Å². The Hall–Kier alpha value is -3.14. The van der Waals surface area contributed by atoms with Crippen molar-refractivity contribution in [2.75, 3.05) is 43.0 Å². The van der Waals surface area contributed by atoms with Gasteiger partial charge in [0.2, 0.25) is 5.91 Å². The predicted octanol–water partition coefficient (Wildman–Crippen LogP) is 2.56. The monoisotopic (exact) mass is 472 g/mol. The highest BCUT2D eigenvalue weighted by molar-refractivity contribution is 7.12. The molecule has 174 valence electrons. The Morgan fingerprint density at radius 3 is 2.64 bits per heavy atom. The molecule has 2 aromatic rings. The van der Waals surface area contributed by atoms with Crippen LogP contribution in [0.15, 0.2) is 35.7 Å². The summed E-state index contributed by atoms with van der Waals surface area (Å²) in [6.45, 7) is 3.25. The van der Waals surface area contributed by atoms with Gasteiger partial charge in [-0.2, -0.15) is 0 Å². The Bertz CT molecular complexity index is 1080. The zero-order chi connectivity index (χ0) is 23.3. The zero-order valence-electron chi connectivity index (χ0n) is 18.4. The van der Waals surface area contributed by atoms with Crippen LogP contribution in [0.3, 0.4) is 0 Å². The molecule has 0 bridgehead atoms. The molecule has 10 heteroatoms. The highest BCUT2D eigenvalue weighted by Crippen LogP contribution is 2.50. The van der Waals surface area contributed by atoms with Gasteiger partial charge in [0.1, 0.15) is 11.9 Å². The maximum Gasteiger partial charge on any atom is 0.414 e. The summed E-state index contributed by atoms with van der Waals surface area (Å²) in [6.07, 6.45) is -1.03. The van der Waals surface area contributed by atoms with Gasteiger partial charge in [-0.25, -0.2) is 9.18 Å². The van der Waals surface area contributed by atoms with E-state index in [9.17, 15) is 14.4 Å². The lowest BCUT2D eigenvalue weighted by molar-refractivity contribution is -0.119. The van der Waals surface area contributed by atoms with E-state index in [0.717, 1.165) is 4.88 Å². The van der Waals surface area contributed by atoms with Crippen LogP contribution in [0, 0.1) is 17.7 Å². The van der Waals surface area contributed by atoms with Crippen LogP contribution < -0.4 is 15.1 Å². The molecule has 8 nitrogen and oxygen atoms in total. The zero-order valence-corrected chi connectivity index (χ0v) is 19.2. The summed E-state index contributed by atoms with van der Waals surface area (Å²) in [7, 11) is 1.85. The van der Waals surface area contributed by atoms with E-state index in [4.69, 9.17) is 4.74 Å². The first-order valence-corrected chi connectivity index (χ1v) is 11.8. The van der Waals surface area contributed by atoms with E-state index in [2.05, 4.69) is 5.32 Å². The predicted molar refractivity (Wildman–Crippen MR) is 122 cm³/mol. The maximum atomic E-state index is 15.0. The van der Waals surface area contributed by atoms with Crippen molar-refractivity contribution in [3.8, 4) is 0 Å². The third kappa shape index (κ3) is 4.03. The Morgan fingerprint density at radius 1 is 1.24 bits per heavy atom. The number of thiophene rings is 1. The molecule has 2 aliphatic heterocycles. The lowest BCUT2D eigenvalue weighted by atomic mass is 10.2. The number of carbonyl (C=O) groups excluding carboxylic acids is 3. The topological polar surface area (TPSA) is 82.2 Å². The van der Waals surface area contributed by atoms with Crippen LogP contribution in [0.4, 0.5) is 20.6 Å². The van der Waals surface area contributed by atoms with Crippen molar-refractivity contribution in [3.05, 3.63) is 46.4 Å². The third-order valence-corrected chi connectivity index (χ3v) is 7.54. The number of nitrogens with zero attached hydrogens (tertiary/aromatic N) is 3. The Morgan fingerprint density at radius 2 is 2.00 bits per heavy atom. The molecule has 1 aliphatic carbocycles. The highest BCUT2D eigenvalue weighted by atomic mass is 32.1. The molecule has 0 radical (unpaired) electrons. The lowest BCUT2D eigenvalue weighted by Crippen LogP contribution is -2.36. The Balaban J connectivity index is 1.20. The van der Waals surface area contributed by atoms with Crippen LogP contribution in [0.25, 0.3) is 0 Å². The van der Waals surface area contributed by atoms with Gasteiger partial charge >= 0.3 is 6.09 Å². The van der Waals surface area contributed by atoms with Crippen molar-refractivity contribution >= 4 is 40.6 Å². The van der Waals surface area contributed by atoms with Gasteiger partial charge < -0.3 is 19.9 Å². The molecule has 1 aromatic carbocycles. The first kappa shape index (κ1) is 21.7. The van der Waals surface area contributed by atoms with Gasteiger partial charge in [0, 0.05) is 44.9 Å². The van der Waals surface area contributed by atoms with Gasteiger partial charge in [-0.15, -0.1) is 11.3 Å². The third-order valence-electron chi connectivity index (χ3n) is 6.68. The van der Waals surface area contributed by atoms with Crippen molar-refractivity contribution in [2.24, 2.45) is 11.8 Å². The molecule has 3 aliphatic rings. The number of anilines is 2. The van der Waals surface area contributed by atoms with Gasteiger partial charge in [0.15, 0.2) is 0 Å². The van der Waals surface area contributed by atoms with Crippen molar-refractivity contribution in [1.29, 1.82) is 0 Å². The number of fused-ring (bicyclic) bond motifs is 1. The van der Waals surface area contributed by atoms with Crippen molar-refractivity contribution < 1.29 is 23.5 Å². The number of halogens is 1. The van der Waals surface area contributed by atoms with E-state index in [1.54, 1.807) is 12.1 Å². The molecule has 0 spiro atoms. The number of piperidine rings is 1. The minimum absolute atomic E-state index is 0.0424. The summed E-state index contributed by atoms with van der Waals surface area (Å²) in [4.78, 5) is 41.8. The van der Waals surface area contributed by atoms with E-state index in [-0.39, 0.29) is 30.9 Å². The van der Waals surface area contributed by atoms with Crippen LogP contribution in [0.1, 0.15) is 16.6 Å². The standard InChI is InChI=1S/C23H25FN4O4S/c1-13(29)25-9-15-10-28(23(31)32-15)14-5-6-19(18(24)8-14)27-11-16-17(12-27)21(16)26(2)22(30)20-4-3-7-33-20/h3-8,15-17,21H,9-12H2,1-2H3,(H,25,29). The summed E-state index contributed by atoms with van der Waals surface area (Å²) in [6, 6.07) is 8.67. The SMILES string of the molecule is CC(=O)NCC1CN(c2ccc(N3CC4C(C3)C4N(C)C(=O)c3cccs3)c(F)c2)C(=O)O1. The van der Waals surface area contributed by atoms with E-state index >= 15 is 4.39 Å². The fourth-order valence-electron chi connectivity index (χ4n) is 4.99. The van der Waals surface area contributed by atoms with Crippen molar-refractivity contribution in [3.63, 3.8) is 0 Å². The average Bonchev–Trinajstić information content (AvgIpc) is 3.26. The molecule has 3 fully saturated rings. The molecule has 2 saturated heterocycles. The minimum atomic E-state index is -0.554. The lowest BCUT2D eigenvalue weighted by Gasteiger charge is -2.26. The molecule has 3 amide bonds. The van der Waals surface area contributed by atoms with Crippen molar-refractivity contribution in [1.82, 2.24) is 10.2 Å². The summed E-state index contributed by atoms with van der Waals surface area (Å²) in [5, 5.41) is 4.52. The largest absolute Gasteiger partial charge is 0.442 e. The first-order valence-electron chi connectivity index (χ1n) is 10.9. The van der Waals surface area contributed by atoms with E-state index in [1.807, 2.05) is 34.4 Å². The van der Waals surface area contributed by atoms with Gasteiger partial charge in [-0.3, -0.25) is 14.5 Å².